The molecule has 1 aliphatic heterocycles. The van der Waals surface area contributed by atoms with Crippen molar-refractivity contribution in [2.45, 2.75) is 52.0 Å². The Morgan fingerprint density at radius 3 is 2.68 bits per heavy atom. The predicted octanol–water partition coefficient (Wildman–Crippen LogP) is 4.29. The Hall–Kier alpha value is -2.43. The smallest absolute Gasteiger partial charge is 0.254 e. The molecule has 5 nitrogen and oxygen atoms in total. The third-order valence-corrected chi connectivity index (χ3v) is 5.15. The van der Waals surface area contributed by atoms with Crippen molar-refractivity contribution < 1.29 is 0 Å². The lowest BCUT2D eigenvalue weighted by Gasteiger charge is -2.37. The zero-order valence-electron chi connectivity index (χ0n) is 15.2. The molecule has 1 fully saturated rings. The minimum Gasteiger partial charge on any atom is -0.349 e. The molecule has 0 spiro atoms. The standard InChI is InChI=1S/C20H25N5/c1-14(2)16-7-9-17(10-8-16)18-6-4-5-11-24(18)19-12-15(3)23-20-21-13-22-25(19)20/h7-10,12-14,18H,4-6,11H2,1-3H3/t18-/m0/s1. The van der Waals surface area contributed by atoms with Gasteiger partial charge in [-0.3, -0.25) is 0 Å². The van der Waals surface area contributed by atoms with Gasteiger partial charge in [-0.1, -0.05) is 38.1 Å². The molecule has 0 radical (unpaired) electrons. The van der Waals surface area contributed by atoms with Crippen molar-refractivity contribution in [1.82, 2.24) is 19.6 Å². The minimum absolute atomic E-state index is 0.379. The Labute approximate surface area is 148 Å². The first-order valence-corrected chi connectivity index (χ1v) is 9.17. The van der Waals surface area contributed by atoms with E-state index in [1.165, 1.54) is 30.4 Å². The quantitative estimate of drug-likeness (QED) is 0.716. The molecular formula is C20H25N5. The molecule has 1 aliphatic rings. The van der Waals surface area contributed by atoms with Crippen molar-refractivity contribution in [3.8, 4) is 0 Å². The minimum atomic E-state index is 0.379. The first-order valence-electron chi connectivity index (χ1n) is 9.17. The van der Waals surface area contributed by atoms with E-state index < -0.39 is 0 Å². The van der Waals surface area contributed by atoms with Crippen molar-refractivity contribution >= 4 is 11.6 Å². The summed E-state index contributed by atoms with van der Waals surface area (Å²) >= 11 is 0. The molecule has 3 heterocycles. The second-order valence-electron chi connectivity index (χ2n) is 7.25. The number of anilines is 1. The Kier molecular flexibility index (Phi) is 4.15. The predicted molar refractivity (Wildman–Crippen MR) is 100.0 cm³/mol. The molecule has 0 saturated carbocycles. The highest BCUT2D eigenvalue weighted by Crippen LogP contribution is 2.35. The second kappa shape index (κ2) is 6.47. The molecule has 0 unspecified atom stereocenters. The summed E-state index contributed by atoms with van der Waals surface area (Å²) in [6, 6.07) is 11.6. The van der Waals surface area contributed by atoms with E-state index in [1.54, 1.807) is 6.33 Å². The Morgan fingerprint density at radius 1 is 1.12 bits per heavy atom. The van der Waals surface area contributed by atoms with Gasteiger partial charge in [0.25, 0.3) is 5.78 Å². The fourth-order valence-corrected chi connectivity index (χ4v) is 3.77. The van der Waals surface area contributed by atoms with E-state index in [9.17, 15) is 0 Å². The lowest BCUT2D eigenvalue weighted by atomic mass is 9.93. The summed E-state index contributed by atoms with van der Waals surface area (Å²) in [6.45, 7) is 7.54. The van der Waals surface area contributed by atoms with Gasteiger partial charge in [0.15, 0.2) is 0 Å². The van der Waals surface area contributed by atoms with Crippen LogP contribution in [0.15, 0.2) is 36.7 Å². The van der Waals surface area contributed by atoms with Crippen LogP contribution in [0.3, 0.4) is 0 Å². The molecule has 5 heteroatoms. The van der Waals surface area contributed by atoms with E-state index in [0.717, 1.165) is 18.1 Å². The van der Waals surface area contributed by atoms with E-state index >= 15 is 0 Å². The van der Waals surface area contributed by atoms with Gasteiger partial charge in [-0.05, 0) is 43.2 Å². The van der Waals surface area contributed by atoms with Crippen LogP contribution >= 0.6 is 0 Å². The van der Waals surface area contributed by atoms with Gasteiger partial charge in [-0.15, -0.1) is 0 Å². The summed E-state index contributed by atoms with van der Waals surface area (Å²) < 4.78 is 1.87. The average molecular weight is 335 g/mol. The van der Waals surface area contributed by atoms with Crippen LogP contribution in [0.5, 0.6) is 0 Å². The maximum Gasteiger partial charge on any atom is 0.254 e. The number of fused-ring (bicyclic) bond motifs is 1. The van der Waals surface area contributed by atoms with Crippen LogP contribution in [-0.4, -0.2) is 26.1 Å². The zero-order chi connectivity index (χ0) is 17.4. The molecule has 2 aromatic heterocycles. The number of benzene rings is 1. The van der Waals surface area contributed by atoms with Crippen molar-refractivity contribution in [3.05, 3.63) is 53.5 Å². The number of piperidine rings is 1. The lowest BCUT2D eigenvalue weighted by molar-refractivity contribution is 0.466. The third-order valence-electron chi connectivity index (χ3n) is 5.15. The first-order chi connectivity index (χ1) is 12.1. The first kappa shape index (κ1) is 16.1. The summed E-state index contributed by atoms with van der Waals surface area (Å²) in [6.07, 6.45) is 5.22. The molecule has 25 heavy (non-hydrogen) atoms. The van der Waals surface area contributed by atoms with E-state index in [2.05, 4.69) is 64.1 Å². The third kappa shape index (κ3) is 2.99. The van der Waals surface area contributed by atoms with E-state index in [1.807, 2.05) is 11.4 Å². The normalized spacial score (nSPS) is 18.2. The Balaban J connectivity index is 1.74. The highest BCUT2D eigenvalue weighted by Gasteiger charge is 2.26. The Morgan fingerprint density at radius 2 is 1.92 bits per heavy atom. The summed E-state index contributed by atoms with van der Waals surface area (Å²) in [5, 5.41) is 4.40. The van der Waals surface area contributed by atoms with Gasteiger partial charge in [0.1, 0.15) is 12.1 Å². The molecule has 1 atom stereocenters. The van der Waals surface area contributed by atoms with Crippen molar-refractivity contribution in [2.24, 2.45) is 0 Å². The van der Waals surface area contributed by atoms with Gasteiger partial charge in [0.2, 0.25) is 0 Å². The van der Waals surface area contributed by atoms with E-state index in [4.69, 9.17) is 0 Å². The molecule has 0 amide bonds. The largest absolute Gasteiger partial charge is 0.349 e. The number of hydrogen-bond acceptors (Lipinski definition) is 4. The zero-order valence-corrected chi connectivity index (χ0v) is 15.2. The molecule has 130 valence electrons. The Bertz CT molecular complexity index is 865. The van der Waals surface area contributed by atoms with Gasteiger partial charge in [-0.25, -0.2) is 4.98 Å². The lowest BCUT2D eigenvalue weighted by Crippen LogP contribution is -2.35. The van der Waals surface area contributed by atoms with Crippen molar-refractivity contribution in [1.29, 1.82) is 0 Å². The SMILES string of the molecule is Cc1cc(N2CCCC[C@H]2c2ccc(C(C)C)cc2)n2ncnc2n1. The monoisotopic (exact) mass is 335 g/mol. The fraction of sp³-hybridized carbons (Fsp3) is 0.450. The summed E-state index contributed by atoms with van der Waals surface area (Å²) in [5.74, 6) is 2.33. The van der Waals surface area contributed by atoms with Crippen LogP contribution in [0.25, 0.3) is 5.78 Å². The van der Waals surface area contributed by atoms with Gasteiger partial charge in [0.05, 0.1) is 6.04 Å². The van der Waals surface area contributed by atoms with Crippen LogP contribution < -0.4 is 4.90 Å². The van der Waals surface area contributed by atoms with Crippen LogP contribution in [0.4, 0.5) is 5.82 Å². The van der Waals surface area contributed by atoms with E-state index in [0.29, 0.717) is 17.7 Å². The molecular weight excluding hydrogens is 310 g/mol. The van der Waals surface area contributed by atoms with Crippen molar-refractivity contribution in [2.75, 3.05) is 11.4 Å². The second-order valence-corrected chi connectivity index (χ2v) is 7.25. The van der Waals surface area contributed by atoms with Gasteiger partial charge in [0, 0.05) is 18.3 Å². The van der Waals surface area contributed by atoms with Crippen LogP contribution in [0.1, 0.15) is 61.9 Å². The number of rotatable bonds is 3. The molecule has 4 rings (SSSR count). The van der Waals surface area contributed by atoms with Crippen LogP contribution in [0, 0.1) is 6.92 Å². The van der Waals surface area contributed by atoms with Gasteiger partial charge < -0.3 is 4.90 Å². The maximum absolute atomic E-state index is 4.48. The summed E-state index contributed by atoms with van der Waals surface area (Å²) in [4.78, 5) is 11.2. The topological polar surface area (TPSA) is 46.3 Å². The summed E-state index contributed by atoms with van der Waals surface area (Å²) in [5.41, 5.74) is 3.76. The summed E-state index contributed by atoms with van der Waals surface area (Å²) in [7, 11) is 0. The fourth-order valence-electron chi connectivity index (χ4n) is 3.77. The number of hydrogen-bond donors (Lipinski definition) is 0. The number of aryl methyl sites for hydroxylation is 1. The molecule has 0 aliphatic carbocycles. The molecule has 1 saturated heterocycles. The van der Waals surface area contributed by atoms with Crippen molar-refractivity contribution in [3.63, 3.8) is 0 Å². The van der Waals surface area contributed by atoms with Crippen LogP contribution in [-0.2, 0) is 0 Å². The van der Waals surface area contributed by atoms with Crippen LogP contribution in [0.2, 0.25) is 0 Å². The highest BCUT2D eigenvalue weighted by molar-refractivity contribution is 5.50. The number of aromatic nitrogens is 4. The number of nitrogens with zero attached hydrogens (tertiary/aromatic N) is 5. The molecule has 0 N–H and O–H groups in total. The molecule has 1 aromatic carbocycles. The van der Waals surface area contributed by atoms with E-state index in [-0.39, 0.29) is 0 Å². The molecule has 3 aromatic rings. The average Bonchev–Trinajstić information content (AvgIpc) is 3.09. The van der Waals surface area contributed by atoms with Gasteiger partial charge in [-0.2, -0.15) is 14.6 Å². The van der Waals surface area contributed by atoms with Gasteiger partial charge >= 0.3 is 0 Å². The maximum atomic E-state index is 4.48. The highest BCUT2D eigenvalue weighted by atomic mass is 15.4. The molecule has 0 bridgehead atoms.